The number of benzene rings is 2. The lowest BCUT2D eigenvalue weighted by Crippen LogP contribution is -2.22. The molecular weight excluding hydrogens is 468 g/mol. The number of amides is 1. The Balaban J connectivity index is 1.35. The van der Waals surface area contributed by atoms with Crippen molar-refractivity contribution in [3.8, 4) is 11.3 Å². The number of non-ortho nitro benzene ring substituents is 1. The van der Waals surface area contributed by atoms with Gasteiger partial charge in [-0.3, -0.25) is 14.9 Å². The van der Waals surface area contributed by atoms with Crippen LogP contribution in [0.5, 0.6) is 0 Å². The first-order valence-electron chi connectivity index (χ1n) is 9.31. The average molecular weight is 485 g/mol. The molecule has 4 rings (SSSR count). The predicted molar refractivity (Wildman–Crippen MR) is 128 cm³/mol. The zero-order chi connectivity index (χ0) is 22.5. The quantitative estimate of drug-likeness (QED) is 0.193. The van der Waals surface area contributed by atoms with Crippen LogP contribution in [0.25, 0.3) is 11.3 Å². The maximum Gasteiger partial charge on any atom is 0.270 e. The number of rotatable bonds is 8. The molecule has 1 atom stereocenters. The van der Waals surface area contributed by atoms with E-state index < -0.39 is 10.2 Å². The summed E-state index contributed by atoms with van der Waals surface area (Å²) in [5, 5.41) is 27.6. The Morgan fingerprint density at radius 3 is 2.72 bits per heavy atom. The van der Waals surface area contributed by atoms with E-state index in [1.54, 1.807) is 24.4 Å². The number of anilines is 3. The second-order valence-electron chi connectivity index (χ2n) is 6.46. The largest absolute Gasteiger partial charge is 0.330 e. The Morgan fingerprint density at radius 2 is 1.94 bits per heavy atom. The molecule has 0 aliphatic rings. The molecule has 0 aliphatic heterocycles. The SMILES string of the molecule is CC(Sc1nnc(Nc2ccccc2)s1)C(=O)Nc1nc(-c2cccc([N+](=O)[O-])c2)cs1. The maximum atomic E-state index is 12.6. The second-order valence-corrected chi connectivity index (χ2v) is 9.88. The van der Waals surface area contributed by atoms with Crippen molar-refractivity contribution in [3.63, 3.8) is 0 Å². The number of hydrogen-bond acceptors (Lipinski definition) is 10. The van der Waals surface area contributed by atoms with Gasteiger partial charge in [0, 0.05) is 28.8 Å². The summed E-state index contributed by atoms with van der Waals surface area (Å²) in [7, 11) is 0. The van der Waals surface area contributed by atoms with Crippen LogP contribution < -0.4 is 10.6 Å². The number of hydrogen-bond donors (Lipinski definition) is 2. The number of para-hydroxylation sites is 1. The van der Waals surface area contributed by atoms with Crippen molar-refractivity contribution in [2.75, 3.05) is 10.6 Å². The van der Waals surface area contributed by atoms with Crippen LogP contribution in [0.3, 0.4) is 0 Å². The van der Waals surface area contributed by atoms with Crippen molar-refractivity contribution in [1.82, 2.24) is 15.2 Å². The van der Waals surface area contributed by atoms with Gasteiger partial charge in [-0.05, 0) is 19.1 Å². The third-order valence-electron chi connectivity index (χ3n) is 4.17. The van der Waals surface area contributed by atoms with Gasteiger partial charge in [-0.2, -0.15) is 0 Å². The van der Waals surface area contributed by atoms with E-state index in [0.29, 0.717) is 25.9 Å². The predicted octanol–water partition coefficient (Wildman–Crippen LogP) is 5.43. The minimum absolute atomic E-state index is 0.00992. The second kappa shape index (κ2) is 9.85. The lowest BCUT2D eigenvalue weighted by molar-refractivity contribution is -0.384. The zero-order valence-corrected chi connectivity index (χ0v) is 19.0. The number of thiazole rings is 1. The van der Waals surface area contributed by atoms with Gasteiger partial charge in [0.25, 0.3) is 5.69 Å². The molecule has 4 aromatic rings. The molecule has 2 aromatic carbocycles. The number of aromatic nitrogens is 3. The summed E-state index contributed by atoms with van der Waals surface area (Å²) in [5.41, 5.74) is 2.08. The molecule has 12 heteroatoms. The molecule has 0 bridgehead atoms. The Labute approximate surface area is 195 Å². The van der Waals surface area contributed by atoms with Gasteiger partial charge in [-0.1, -0.05) is 53.4 Å². The summed E-state index contributed by atoms with van der Waals surface area (Å²) >= 11 is 3.93. The van der Waals surface area contributed by atoms with Crippen molar-refractivity contribution < 1.29 is 9.72 Å². The number of nitrogens with one attached hydrogen (secondary N) is 2. The highest BCUT2D eigenvalue weighted by Gasteiger charge is 2.19. The molecule has 2 heterocycles. The summed E-state index contributed by atoms with van der Waals surface area (Å²) in [5.74, 6) is -0.220. The number of nitro groups is 1. The molecule has 162 valence electrons. The molecule has 1 amide bonds. The molecule has 0 saturated heterocycles. The fourth-order valence-corrected chi connectivity index (χ4v) is 5.25. The van der Waals surface area contributed by atoms with Crippen LogP contribution in [0, 0.1) is 10.1 Å². The van der Waals surface area contributed by atoms with Gasteiger partial charge in [0.2, 0.25) is 11.0 Å². The third kappa shape index (κ3) is 5.46. The van der Waals surface area contributed by atoms with E-state index in [0.717, 1.165) is 5.69 Å². The first-order chi connectivity index (χ1) is 15.5. The lowest BCUT2D eigenvalue weighted by atomic mass is 10.1. The Morgan fingerprint density at radius 1 is 1.12 bits per heavy atom. The molecule has 32 heavy (non-hydrogen) atoms. The molecule has 0 fully saturated rings. The Kier molecular flexibility index (Phi) is 6.73. The van der Waals surface area contributed by atoms with Crippen molar-refractivity contribution in [2.24, 2.45) is 0 Å². The van der Waals surface area contributed by atoms with Crippen LogP contribution in [-0.2, 0) is 4.79 Å². The fraction of sp³-hybridized carbons (Fsp3) is 0.100. The summed E-state index contributed by atoms with van der Waals surface area (Å²) in [6, 6.07) is 15.9. The van der Waals surface area contributed by atoms with E-state index in [9.17, 15) is 14.9 Å². The Hall–Kier alpha value is -3.35. The molecule has 0 spiro atoms. The van der Waals surface area contributed by atoms with E-state index in [4.69, 9.17) is 0 Å². The fourth-order valence-electron chi connectivity index (χ4n) is 2.61. The summed E-state index contributed by atoms with van der Waals surface area (Å²) < 4.78 is 0.669. The molecule has 0 aliphatic carbocycles. The molecular formula is C20H16N6O3S3. The number of carbonyl (C=O) groups is 1. The highest BCUT2D eigenvalue weighted by atomic mass is 32.2. The summed E-state index contributed by atoms with van der Waals surface area (Å²) in [4.78, 5) is 27.5. The van der Waals surface area contributed by atoms with Crippen LogP contribution in [0.2, 0.25) is 0 Å². The molecule has 1 unspecified atom stereocenters. The van der Waals surface area contributed by atoms with Gasteiger partial charge in [0.05, 0.1) is 15.9 Å². The number of thioether (sulfide) groups is 1. The van der Waals surface area contributed by atoms with Gasteiger partial charge in [-0.15, -0.1) is 21.5 Å². The van der Waals surface area contributed by atoms with Crippen LogP contribution in [0.15, 0.2) is 64.3 Å². The molecule has 0 radical (unpaired) electrons. The van der Waals surface area contributed by atoms with Crippen LogP contribution in [0.4, 0.5) is 21.6 Å². The van der Waals surface area contributed by atoms with Gasteiger partial charge in [0.15, 0.2) is 9.47 Å². The molecule has 0 saturated carbocycles. The van der Waals surface area contributed by atoms with Crippen molar-refractivity contribution in [3.05, 3.63) is 70.1 Å². The Bertz CT molecular complexity index is 1240. The van der Waals surface area contributed by atoms with Crippen molar-refractivity contribution in [2.45, 2.75) is 16.5 Å². The normalized spacial score (nSPS) is 11.7. The average Bonchev–Trinajstić information content (AvgIpc) is 3.44. The van der Waals surface area contributed by atoms with Crippen LogP contribution in [0.1, 0.15) is 6.92 Å². The molecule has 2 aromatic heterocycles. The lowest BCUT2D eigenvalue weighted by Gasteiger charge is -2.07. The number of carbonyl (C=O) groups excluding carboxylic acids is 1. The van der Waals surface area contributed by atoms with Gasteiger partial charge >= 0.3 is 0 Å². The van der Waals surface area contributed by atoms with Crippen LogP contribution in [-0.4, -0.2) is 31.3 Å². The topological polar surface area (TPSA) is 123 Å². The minimum atomic E-state index is -0.453. The highest BCUT2D eigenvalue weighted by molar-refractivity contribution is 8.02. The van der Waals surface area contributed by atoms with Crippen molar-refractivity contribution in [1.29, 1.82) is 0 Å². The zero-order valence-electron chi connectivity index (χ0n) is 16.6. The first-order valence-corrected chi connectivity index (χ1v) is 11.9. The van der Waals surface area contributed by atoms with Gasteiger partial charge in [0.1, 0.15) is 0 Å². The minimum Gasteiger partial charge on any atom is -0.330 e. The van der Waals surface area contributed by atoms with E-state index in [1.807, 2.05) is 30.3 Å². The summed E-state index contributed by atoms with van der Waals surface area (Å²) in [6.45, 7) is 1.78. The maximum absolute atomic E-state index is 12.6. The number of nitro benzene ring substituents is 1. The smallest absolute Gasteiger partial charge is 0.270 e. The first kappa shape index (κ1) is 21.9. The molecule has 9 nitrogen and oxygen atoms in total. The number of nitrogens with zero attached hydrogens (tertiary/aromatic N) is 4. The van der Waals surface area contributed by atoms with E-state index in [2.05, 4.69) is 25.8 Å². The third-order valence-corrected chi connectivity index (χ3v) is 6.95. The molecule has 2 N–H and O–H groups in total. The van der Waals surface area contributed by atoms with Crippen molar-refractivity contribution >= 4 is 62.0 Å². The van der Waals surface area contributed by atoms with Crippen LogP contribution >= 0.6 is 34.4 Å². The summed E-state index contributed by atoms with van der Waals surface area (Å²) in [6.07, 6.45) is 0. The van der Waals surface area contributed by atoms with E-state index in [1.165, 1.54) is 46.6 Å². The van der Waals surface area contributed by atoms with Gasteiger partial charge in [-0.25, -0.2) is 4.98 Å². The monoisotopic (exact) mass is 484 g/mol. The highest BCUT2D eigenvalue weighted by Crippen LogP contribution is 2.32. The van der Waals surface area contributed by atoms with Gasteiger partial charge < -0.3 is 10.6 Å². The standard InChI is InChI=1S/C20H16N6O3S3/c1-12(31-20-25-24-19(32-20)21-14-7-3-2-4-8-14)17(27)23-18-22-16(11-30-18)13-6-5-9-15(10-13)26(28)29/h2-12H,1H3,(H,21,24)(H,22,23,27). The van der Waals surface area contributed by atoms with E-state index in [-0.39, 0.29) is 11.6 Å². The van der Waals surface area contributed by atoms with E-state index >= 15 is 0 Å².